The Morgan fingerprint density at radius 1 is 1.41 bits per heavy atom. The number of ether oxygens (including phenoxy) is 1. The summed E-state index contributed by atoms with van der Waals surface area (Å²) < 4.78 is 7.09. The summed E-state index contributed by atoms with van der Waals surface area (Å²) in [5, 5.41) is 7.29. The predicted octanol–water partition coefficient (Wildman–Crippen LogP) is 1.34. The van der Waals surface area contributed by atoms with Crippen LogP contribution in [0, 0.1) is 0 Å². The quantitative estimate of drug-likeness (QED) is 0.841. The van der Waals surface area contributed by atoms with Gasteiger partial charge in [-0.25, -0.2) is 4.68 Å². The minimum Gasteiger partial charge on any atom is -0.476 e. The highest BCUT2D eigenvalue weighted by Gasteiger charge is 2.21. The van der Waals surface area contributed by atoms with Gasteiger partial charge in [0.25, 0.3) is 5.91 Å². The molecule has 1 aliphatic heterocycles. The average molecular weight is 235 g/mol. The molecule has 0 atom stereocenters. The third-order valence-corrected chi connectivity index (χ3v) is 3.47. The number of fused-ring (bicyclic) bond motifs is 1. The van der Waals surface area contributed by atoms with Crippen LogP contribution in [0.5, 0.6) is 5.88 Å². The lowest BCUT2D eigenvalue weighted by Crippen LogP contribution is -2.36. The number of hydrogen-bond donors (Lipinski definition) is 1. The number of carbonyl (C=O) groups excluding carboxylic acids is 1. The maximum atomic E-state index is 12.0. The number of aromatic nitrogens is 2. The highest BCUT2D eigenvalue weighted by molar-refractivity contribution is 5.92. The largest absolute Gasteiger partial charge is 0.476 e. The average Bonchev–Trinajstić information content (AvgIpc) is 2.90. The Morgan fingerprint density at radius 2 is 2.24 bits per heavy atom. The van der Waals surface area contributed by atoms with Crippen molar-refractivity contribution in [2.75, 3.05) is 6.61 Å². The number of nitrogens with zero attached hydrogens (tertiary/aromatic N) is 2. The first-order chi connectivity index (χ1) is 8.33. The van der Waals surface area contributed by atoms with Gasteiger partial charge in [0.15, 0.2) is 5.69 Å². The van der Waals surface area contributed by atoms with Gasteiger partial charge in [-0.15, -0.1) is 0 Å². The van der Waals surface area contributed by atoms with Gasteiger partial charge >= 0.3 is 0 Å². The van der Waals surface area contributed by atoms with Gasteiger partial charge < -0.3 is 10.1 Å². The molecule has 0 radical (unpaired) electrons. The summed E-state index contributed by atoms with van der Waals surface area (Å²) in [4.78, 5) is 12.0. The summed E-state index contributed by atoms with van der Waals surface area (Å²) in [6, 6.07) is 2.05. The van der Waals surface area contributed by atoms with Crippen LogP contribution >= 0.6 is 0 Å². The highest BCUT2D eigenvalue weighted by Crippen LogP contribution is 2.20. The fraction of sp³-hybridized carbons (Fsp3) is 0.667. The van der Waals surface area contributed by atoms with Gasteiger partial charge in [0.2, 0.25) is 5.88 Å². The number of nitrogens with one attached hydrogen (secondary N) is 1. The fourth-order valence-electron chi connectivity index (χ4n) is 2.53. The number of rotatable bonds is 2. The molecule has 1 amide bonds. The molecule has 92 valence electrons. The second-order valence-corrected chi connectivity index (χ2v) is 4.75. The van der Waals surface area contributed by atoms with E-state index in [0.717, 1.165) is 19.4 Å². The Kier molecular flexibility index (Phi) is 2.74. The number of amides is 1. The molecular formula is C12H17N3O2. The first-order valence-electron chi connectivity index (χ1n) is 6.34. The van der Waals surface area contributed by atoms with Crippen molar-refractivity contribution in [3.8, 4) is 5.88 Å². The lowest BCUT2D eigenvalue weighted by atomic mass is 9.95. The summed E-state index contributed by atoms with van der Waals surface area (Å²) in [6.07, 6.45) is 5.91. The molecule has 1 aromatic heterocycles. The smallest absolute Gasteiger partial charge is 0.272 e. The van der Waals surface area contributed by atoms with Crippen molar-refractivity contribution in [3.05, 3.63) is 11.8 Å². The van der Waals surface area contributed by atoms with Crippen LogP contribution in [0.25, 0.3) is 0 Å². The van der Waals surface area contributed by atoms with Gasteiger partial charge in [-0.2, -0.15) is 5.10 Å². The van der Waals surface area contributed by atoms with E-state index < -0.39 is 0 Å². The first kappa shape index (κ1) is 10.6. The molecule has 1 saturated carbocycles. The third-order valence-electron chi connectivity index (χ3n) is 3.47. The van der Waals surface area contributed by atoms with Crippen LogP contribution in [0.3, 0.4) is 0 Å². The van der Waals surface area contributed by atoms with Crippen molar-refractivity contribution in [1.82, 2.24) is 15.1 Å². The summed E-state index contributed by atoms with van der Waals surface area (Å²) in [5.74, 6) is 0.640. The predicted molar refractivity (Wildman–Crippen MR) is 62.1 cm³/mol. The van der Waals surface area contributed by atoms with E-state index in [2.05, 4.69) is 10.4 Å². The highest BCUT2D eigenvalue weighted by atomic mass is 16.5. The van der Waals surface area contributed by atoms with Crippen LogP contribution < -0.4 is 10.1 Å². The van der Waals surface area contributed by atoms with Gasteiger partial charge in [-0.3, -0.25) is 4.79 Å². The van der Waals surface area contributed by atoms with E-state index in [1.54, 1.807) is 10.7 Å². The standard InChI is InChI=1S/C12H17N3O2/c16-12(13-9-4-2-1-3-5-9)10-8-11-15(14-10)6-7-17-11/h8-9H,1-7H2,(H,13,16). The SMILES string of the molecule is O=C(NC1CCCCC1)c1cc2n(n1)CCO2. The first-order valence-corrected chi connectivity index (χ1v) is 6.34. The zero-order chi connectivity index (χ0) is 11.7. The van der Waals surface area contributed by atoms with Crippen molar-refractivity contribution in [3.63, 3.8) is 0 Å². The fourth-order valence-corrected chi connectivity index (χ4v) is 2.53. The van der Waals surface area contributed by atoms with Gasteiger partial charge in [0.1, 0.15) is 6.61 Å². The molecule has 2 heterocycles. The molecule has 3 rings (SSSR count). The molecule has 5 heteroatoms. The molecule has 0 aromatic carbocycles. The van der Waals surface area contributed by atoms with Crippen molar-refractivity contribution < 1.29 is 9.53 Å². The molecule has 0 bridgehead atoms. The lowest BCUT2D eigenvalue weighted by Gasteiger charge is -2.22. The van der Waals surface area contributed by atoms with E-state index in [1.165, 1.54) is 19.3 Å². The third kappa shape index (κ3) is 2.14. The monoisotopic (exact) mass is 235 g/mol. The maximum absolute atomic E-state index is 12.0. The van der Waals surface area contributed by atoms with Crippen LogP contribution in [-0.2, 0) is 6.54 Å². The minimum absolute atomic E-state index is 0.0672. The topological polar surface area (TPSA) is 56.2 Å². The van der Waals surface area contributed by atoms with E-state index in [9.17, 15) is 4.79 Å². The van der Waals surface area contributed by atoms with Crippen LogP contribution in [0.4, 0.5) is 0 Å². The second kappa shape index (κ2) is 4.39. The lowest BCUT2D eigenvalue weighted by molar-refractivity contribution is 0.0921. The Hall–Kier alpha value is -1.52. The number of hydrogen-bond acceptors (Lipinski definition) is 3. The van der Waals surface area contributed by atoms with Crippen LogP contribution in [0.1, 0.15) is 42.6 Å². The summed E-state index contributed by atoms with van der Waals surface area (Å²) in [7, 11) is 0. The van der Waals surface area contributed by atoms with Crippen molar-refractivity contribution in [2.24, 2.45) is 0 Å². The van der Waals surface area contributed by atoms with Gasteiger partial charge in [0, 0.05) is 12.1 Å². The molecule has 1 N–H and O–H groups in total. The van der Waals surface area contributed by atoms with Crippen molar-refractivity contribution in [2.45, 2.75) is 44.7 Å². The molecule has 2 aliphatic rings. The van der Waals surface area contributed by atoms with Crippen LogP contribution in [-0.4, -0.2) is 28.3 Å². The summed E-state index contributed by atoms with van der Waals surface area (Å²) >= 11 is 0. The molecule has 1 aromatic rings. The molecule has 1 fully saturated rings. The molecule has 5 nitrogen and oxygen atoms in total. The van der Waals surface area contributed by atoms with Crippen LogP contribution in [0.15, 0.2) is 6.07 Å². The van der Waals surface area contributed by atoms with E-state index in [-0.39, 0.29) is 5.91 Å². The van der Waals surface area contributed by atoms with Crippen molar-refractivity contribution >= 4 is 5.91 Å². The number of carbonyl (C=O) groups is 1. The molecule has 1 aliphatic carbocycles. The normalized spacial score (nSPS) is 19.8. The zero-order valence-electron chi connectivity index (χ0n) is 9.82. The molecule has 0 unspecified atom stereocenters. The molecule has 17 heavy (non-hydrogen) atoms. The van der Waals surface area contributed by atoms with E-state index in [0.29, 0.717) is 24.2 Å². The Balaban J connectivity index is 1.64. The van der Waals surface area contributed by atoms with Gasteiger partial charge in [-0.05, 0) is 12.8 Å². The Labute approximate surface area is 100 Å². The summed E-state index contributed by atoms with van der Waals surface area (Å²) in [5.41, 5.74) is 0.477. The van der Waals surface area contributed by atoms with E-state index in [1.807, 2.05) is 0 Å². The summed E-state index contributed by atoms with van der Waals surface area (Å²) in [6.45, 7) is 1.40. The zero-order valence-corrected chi connectivity index (χ0v) is 9.82. The molecular weight excluding hydrogens is 218 g/mol. The van der Waals surface area contributed by atoms with Gasteiger partial charge in [0.05, 0.1) is 6.54 Å². The maximum Gasteiger partial charge on any atom is 0.272 e. The molecule has 0 saturated heterocycles. The van der Waals surface area contributed by atoms with Gasteiger partial charge in [-0.1, -0.05) is 19.3 Å². The minimum atomic E-state index is -0.0672. The Morgan fingerprint density at radius 3 is 3.00 bits per heavy atom. The van der Waals surface area contributed by atoms with Crippen molar-refractivity contribution in [1.29, 1.82) is 0 Å². The van der Waals surface area contributed by atoms with E-state index in [4.69, 9.17) is 4.74 Å². The van der Waals surface area contributed by atoms with Crippen LogP contribution in [0.2, 0.25) is 0 Å². The van der Waals surface area contributed by atoms with E-state index >= 15 is 0 Å². The molecule has 0 spiro atoms. The Bertz CT molecular complexity index is 400. The second-order valence-electron chi connectivity index (χ2n) is 4.75.